The van der Waals surface area contributed by atoms with Gasteiger partial charge in [-0.15, -0.1) is 0 Å². The summed E-state index contributed by atoms with van der Waals surface area (Å²) >= 11 is 11.9. The van der Waals surface area contributed by atoms with Gasteiger partial charge in [0.15, 0.2) is 0 Å². The minimum atomic E-state index is -0.272. The van der Waals surface area contributed by atoms with Crippen molar-refractivity contribution in [3.63, 3.8) is 0 Å². The van der Waals surface area contributed by atoms with Gasteiger partial charge in [0.05, 0.1) is 5.69 Å². The van der Waals surface area contributed by atoms with Gasteiger partial charge in [-0.2, -0.15) is 0 Å². The number of anilines is 1. The summed E-state index contributed by atoms with van der Waals surface area (Å²) in [6, 6.07) is 15.7. The molecule has 1 saturated heterocycles. The van der Waals surface area contributed by atoms with E-state index in [1.165, 1.54) is 18.3 Å². The second-order valence-electron chi connectivity index (χ2n) is 9.09. The maximum absolute atomic E-state index is 14.3. The van der Waals surface area contributed by atoms with E-state index in [0.717, 1.165) is 54.3 Å². The molecule has 1 fully saturated rings. The van der Waals surface area contributed by atoms with Gasteiger partial charge in [-0.05, 0) is 79.5 Å². The molecule has 180 valence electrons. The number of piperidine rings is 1. The van der Waals surface area contributed by atoms with Crippen molar-refractivity contribution >= 4 is 40.9 Å². The predicted molar refractivity (Wildman–Crippen MR) is 138 cm³/mol. The number of halogens is 3. The van der Waals surface area contributed by atoms with Gasteiger partial charge in [-0.1, -0.05) is 47.5 Å². The summed E-state index contributed by atoms with van der Waals surface area (Å²) in [7, 11) is 0. The largest absolute Gasteiger partial charge is 0.300 e. The molecule has 0 bridgehead atoms. The molecule has 2 aromatic carbocycles. The third kappa shape index (κ3) is 5.20. The highest BCUT2D eigenvalue weighted by Gasteiger charge is 2.45. The van der Waals surface area contributed by atoms with Gasteiger partial charge in [-0.25, -0.2) is 9.37 Å². The number of hydrazine groups is 1. The predicted octanol–water partition coefficient (Wildman–Crippen LogP) is 5.74. The van der Waals surface area contributed by atoms with Gasteiger partial charge >= 0.3 is 0 Å². The van der Waals surface area contributed by atoms with Crippen LogP contribution in [0, 0.1) is 5.82 Å². The molecule has 1 spiro atoms. The maximum Gasteiger partial charge on any atom is 0.269 e. The number of hydrogen-bond donors (Lipinski definition) is 1. The zero-order valence-corrected chi connectivity index (χ0v) is 20.6. The van der Waals surface area contributed by atoms with Gasteiger partial charge < -0.3 is 0 Å². The highest BCUT2D eigenvalue weighted by molar-refractivity contribution is 6.30. The first-order valence-electron chi connectivity index (χ1n) is 11.6. The molecule has 8 heteroatoms. The number of likely N-dealkylation sites (tertiary alicyclic amines) is 1. The van der Waals surface area contributed by atoms with E-state index in [2.05, 4.69) is 27.5 Å². The number of aromatic nitrogens is 1. The second-order valence-corrected chi connectivity index (χ2v) is 9.91. The van der Waals surface area contributed by atoms with Crippen LogP contribution in [0.25, 0.3) is 6.08 Å². The molecule has 0 unspecified atom stereocenters. The first kappa shape index (κ1) is 23.8. The Balaban J connectivity index is 1.27. The summed E-state index contributed by atoms with van der Waals surface area (Å²) in [4.78, 5) is 19.2. The highest BCUT2D eigenvalue weighted by Crippen LogP contribution is 2.46. The molecule has 1 amide bonds. The van der Waals surface area contributed by atoms with Crippen LogP contribution < -0.4 is 10.4 Å². The normalized spacial score (nSPS) is 17.2. The summed E-state index contributed by atoms with van der Waals surface area (Å²) in [5, 5.41) is 2.84. The molecule has 1 N–H and O–H groups in total. The maximum atomic E-state index is 14.3. The number of benzene rings is 2. The van der Waals surface area contributed by atoms with Gasteiger partial charge in [0.2, 0.25) is 0 Å². The molecule has 5 nitrogen and oxygen atoms in total. The van der Waals surface area contributed by atoms with E-state index < -0.39 is 0 Å². The fourth-order valence-corrected chi connectivity index (χ4v) is 5.27. The summed E-state index contributed by atoms with van der Waals surface area (Å²) in [5.41, 5.74) is 6.12. The molecular formula is C27H25Cl2FN4O. The van der Waals surface area contributed by atoms with E-state index >= 15 is 0 Å². The van der Waals surface area contributed by atoms with Crippen LogP contribution in [0.3, 0.4) is 0 Å². The lowest BCUT2D eigenvalue weighted by molar-refractivity contribution is 0.0945. The van der Waals surface area contributed by atoms with Crippen molar-refractivity contribution in [3.05, 3.63) is 99.6 Å². The van der Waals surface area contributed by atoms with Crippen molar-refractivity contribution in [2.24, 2.45) is 0 Å². The third-order valence-electron chi connectivity index (χ3n) is 6.86. The van der Waals surface area contributed by atoms with Crippen molar-refractivity contribution in [3.8, 4) is 0 Å². The Hall–Kier alpha value is -2.93. The molecule has 0 atom stereocenters. The van der Waals surface area contributed by atoms with E-state index in [1.807, 2.05) is 29.3 Å². The number of hydrogen-bond acceptors (Lipinski definition) is 4. The zero-order valence-electron chi connectivity index (χ0n) is 19.1. The van der Waals surface area contributed by atoms with Crippen LogP contribution in [-0.2, 0) is 5.41 Å². The number of fused-ring (bicyclic) bond motifs is 2. The van der Waals surface area contributed by atoms with Gasteiger partial charge in [0.1, 0.15) is 11.0 Å². The number of nitrogens with zero attached hydrogens (tertiary/aromatic N) is 3. The van der Waals surface area contributed by atoms with Crippen molar-refractivity contribution in [2.45, 2.75) is 18.3 Å². The Morgan fingerprint density at radius 3 is 2.60 bits per heavy atom. The molecule has 2 aliphatic heterocycles. The summed E-state index contributed by atoms with van der Waals surface area (Å²) < 4.78 is 14.3. The Labute approximate surface area is 214 Å². The SMILES string of the molecule is O=C(NN1CC2(CCN(C/C=C/c3ccc(Cl)cc3)CC2)c2cc(F)ccc21)c1ccnc(Cl)c1. The molecule has 0 aliphatic carbocycles. The first-order chi connectivity index (χ1) is 16.9. The lowest BCUT2D eigenvalue weighted by Crippen LogP contribution is -2.49. The molecule has 0 radical (unpaired) electrons. The lowest BCUT2D eigenvalue weighted by atomic mass is 9.74. The number of carbonyl (C=O) groups is 1. The van der Waals surface area contributed by atoms with Crippen LogP contribution in [0.15, 0.2) is 66.9 Å². The molecule has 0 saturated carbocycles. The average Bonchev–Trinajstić information content (AvgIpc) is 3.13. The fourth-order valence-electron chi connectivity index (χ4n) is 4.97. The minimum absolute atomic E-state index is 0.211. The molecule has 3 aromatic rings. The van der Waals surface area contributed by atoms with Crippen molar-refractivity contribution in [2.75, 3.05) is 31.2 Å². The van der Waals surface area contributed by atoms with E-state index in [-0.39, 0.29) is 22.3 Å². The number of nitrogens with one attached hydrogen (secondary N) is 1. The van der Waals surface area contributed by atoms with E-state index in [0.29, 0.717) is 12.1 Å². The minimum Gasteiger partial charge on any atom is -0.300 e. The fraction of sp³-hybridized carbons (Fsp3) is 0.259. The smallest absolute Gasteiger partial charge is 0.269 e. The van der Waals surface area contributed by atoms with Crippen molar-refractivity contribution in [1.29, 1.82) is 0 Å². The molecule has 35 heavy (non-hydrogen) atoms. The molecule has 1 aromatic heterocycles. The van der Waals surface area contributed by atoms with Crippen LogP contribution in [0.2, 0.25) is 10.2 Å². The van der Waals surface area contributed by atoms with Gasteiger partial charge in [-0.3, -0.25) is 20.1 Å². The number of pyridine rings is 1. The van der Waals surface area contributed by atoms with Crippen LogP contribution in [0.5, 0.6) is 0 Å². The Morgan fingerprint density at radius 2 is 1.86 bits per heavy atom. The second kappa shape index (κ2) is 9.97. The molecule has 3 heterocycles. The Kier molecular flexibility index (Phi) is 6.78. The average molecular weight is 511 g/mol. The van der Waals surface area contributed by atoms with Crippen LogP contribution in [0.4, 0.5) is 10.1 Å². The standard InChI is InChI=1S/C27H25Cl2FN4O/c28-21-5-3-19(4-6-21)2-1-13-33-14-10-27(11-15-33)18-34(24-8-7-22(30)17-23(24)27)32-26(35)20-9-12-31-25(29)16-20/h1-9,12,16-17H,10-11,13-15,18H2,(H,32,35)/b2-1+. The van der Waals surface area contributed by atoms with Crippen LogP contribution in [0.1, 0.15) is 34.3 Å². The number of rotatable bonds is 5. The van der Waals surface area contributed by atoms with Crippen LogP contribution in [-0.4, -0.2) is 42.0 Å². The van der Waals surface area contributed by atoms with Gasteiger partial charge in [0, 0.05) is 35.3 Å². The molecule has 2 aliphatic rings. The number of amides is 1. The zero-order chi connectivity index (χ0) is 24.4. The van der Waals surface area contributed by atoms with E-state index in [9.17, 15) is 9.18 Å². The van der Waals surface area contributed by atoms with Gasteiger partial charge in [0.25, 0.3) is 5.91 Å². The number of carbonyl (C=O) groups excluding carboxylic acids is 1. The third-order valence-corrected chi connectivity index (χ3v) is 7.32. The van der Waals surface area contributed by atoms with Crippen molar-refractivity contribution in [1.82, 2.24) is 15.3 Å². The Bertz CT molecular complexity index is 1260. The molecular weight excluding hydrogens is 486 g/mol. The lowest BCUT2D eigenvalue weighted by Gasteiger charge is -2.39. The topological polar surface area (TPSA) is 48.5 Å². The molecule has 5 rings (SSSR count). The van der Waals surface area contributed by atoms with E-state index in [4.69, 9.17) is 23.2 Å². The van der Waals surface area contributed by atoms with Crippen LogP contribution >= 0.6 is 23.2 Å². The van der Waals surface area contributed by atoms with E-state index in [1.54, 1.807) is 18.2 Å². The Morgan fingerprint density at radius 1 is 1.09 bits per heavy atom. The first-order valence-corrected chi connectivity index (χ1v) is 12.3. The summed E-state index contributed by atoms with van der Waals surface area (Å²) in [6.45, 7) is 3.23. The highest BCUT2D eigenvalue weighted by atomic mass is 35.5. The quantitative estimate of drug-likeness (QED) is 0.444. The summed E-state index contributed by atoms with van der Waals surface area (Å²) in [5.74, 6) is -0.531. The summed E-state index contributed by atoms with van der Waals surface area (Å²) in [6.07, 6.45) is 7.53. The van der Waals surface area contributed by atoms with Crippen molar-refractivity contribution < 1.29 is 9.18 Å². The monoisotopic (exact) mass is 510 g/mol.